The highest BCUT2D eigenvalue weighted by Crippen LogP contribution is 2.30. The van der Waals surface area contributed by atoms with Crippen molar-refractivity contribution < 1.29 is 18.8 Å². The highest BCUT2D eigenvalue weighted by atomic mass is 16.5. The maximum absolute atomic E-state index is 13.1. The van der Waals surface area contributed by atoms with Gasteiger partial charge in [-0.25, -0.2) is 0 Å². The first kappa shape index (κ1) is 22.9. The Labute approximate surface area is 194 Å². The van der Waals surface area contributed by atoms with Gasteiger partial charge in [0.15, 0.2) is 11.5 Å². The molecule has 7 nitrogen and oxygen atoms in total. The molecule has 1 aliphatic rings. The van der Waals surface area contributed by atoms with Crippen molar-refractivity contribution >= 4 is 5.91 Å². The lowest BCUT2D eigenvalue weighted by Crippen LogP contribution is -2.48. The van der Waals surface area contributed by atoms with Crippen LogP contribution in [0.15, 0.2) is 47.0 Å². The molecule has 4 rings (SSSR count). The Morgan fingerprint density at radius 2 is 1.79 bits per heavy atom. The molecule has 33 heavy (non-hydrogen) atoms. The lowest BCUT2D eigenvalue weighted by molar-refractivity contribution is 0.0628. The lowest BCUT2D eigenvalue weighted by Gasteiger charge is -2.35. The van der Waals surface area contributed by atoms with Gasteiger partial charge in [-0.1, -0.05) is 29.4 Å². The molecule has 0 radical (unpaired) electrons. The summed E-state index contributed by atoms with van der Waals surface area (Å²) in [5.41, 5.74) is 4.97. The maximum Gasteiger partial charge on any atom is 0.254 e. The van der Waals surface area contributed by atoms with Crippen molar-refractivity contribution in [2.75, 3.05) is 33.3 Å². The highest BCUT2D eigenvalue weighted by molar-refractivity contribution is 5.95. The zero-order chi connectivity index (χ0) is 23.4. The van der Waals surface area contributed by atoms with Gasteiger partial charge in [0, 0.05) is 38.3 Å². The van der Waals surface area contributed by atoms with Crippen LogP contribution in [0.1, 0.15) is 38.5 Å². The minimum absolute atomic E-state index is 0.0149. The second-order valence-corrected chi connectivity index (χ2v) is 8.45. The fourth-order valence-electron chi connectivity index (χ4n) is 4.10. The summed E-state index contributed by atoms with van der Waals surface area (Å²) in [5, 5.41) is 3.95. The Morgan fingerprint density at radius 1 is 1.03 bits per heavy atom. The van der Waals surface area contributed by atoms with Crippen LogP contribution in [0.3, 0.4) is 0 Å². The lowest BCUT2D eigenvalue weighted by atomic mass is 10.1. The van der Waals surface area contributed by atoms with Gasteiger partial charge in [0.2, 0.25) is 0 Å². The average Bonchev–Trinajstić information content (AvgIpc) is 3.16. The summed E-state index contributed by atoms with van der Waals surface area (Å²) in [7, 11) is 1.58. The summed E-state index contributed by atoms with van der Waals surface area (Å²) in [5.74, 6) is 1.86. The Kier molecular flexibility index (Phi) is 6.99. The minimum atomic E-state index is 0.0149. The SMILES string of the molecule is COc1cc(C(=O)N2CCN(Cc3ccccc3C)CC2)ccc1OCc1c(C)noc1C. The first-order valence-electron chi connectivity index (χ1n) is 11.2. The van der Waals surface area contributed by atoms with Crippen LogP contribution in [0.5, 0.6) is 11.5 Å². The number of methoxy groups -OCH3 is 1. The van der Waals surface area contributed by atoms with E-state index in [9.17, 15) is 4.79 Å². The predicted octanol–water partition coefficient (Wildman–Crippen LogP) is 4.15. The van der Waals surface area contributed by atoms with E-state index in [1.54, 1.807) is 25.3 Å². The Morgan fingerprint density at radius 3 is 2.45 bits per heavy atom. The summed E-state index contributed by atoms with van der Waals surface area (Å²) >= 11 is 0. The molecule has 0 bridgehead atoms. The molecule has 1 aromatic heterocycles. The molecule has 0 atom stereocenters. The van der Waals surface area contributed by atoms with E-state index in [2.05, 4.69) is 41.2 Å². The first-order chi connectivity index (χ1) is 16.0. The molecule has 2 heterocycles. The van der Waals surface area contributed by atoms with Gasteiger partial charge in [-0.05, 0) is 50.1 Å². The number of benzene rings is 2. The quantitative estimate of drug-likeness (QED) is 0.540. The van der Waals surface area contributed by atoms with E-state index >= 15 is 0 Å². The molecule has 0 N–H and O–H groups in total. The normalized spacial score (nSPS) is 14.4. The monoisotopic (exact) mass is 449 g/mol. The number of rotatable bonds is 7. The maximum atomic E-state index is 13.1. The third-order valence-electron chi connectivity index (χ3n) is 6.28. The van der Waals surface area contributed by atoms with Gasteiger partial charge in [-0.2, -0.15) is 0 Å². The molecular weight excluding hydrogens is 418 g/mol. The molecule has 2 aromatic carbocycles. The van der Waals surface area contributed by atoms with E-state index in [1.165, 1.54) is 11.1 Å². The molecule has 174 valence electrons. The number of hydrogen-bond donors (Lipinski definition) is 0. The van der Waals surface area contributed by atoms with Crippen LogP contribution in [0.25, 0.3) is 0 Å². The van der Waals surface area contributed by atoms with Crippen LogP contribution in [0.2, 0.25) is 0 Å². The van der Waals surface area contributed by atoms with Crippen molar-refractivity contribution in [1.29, 1.82) is 0 Å². The molecule has 1 amide bonds. The van der Waals surface area contributed by atoms with Crippen molar-refractivity contribution in [3.8, 4) is 11.5 Å². The fourth-order valence-corrected chi connectivity index (χ4v) is 4.10. The van der Waals surface area contributed by atoms with E-state index in [-0.39, 0.29) is 5.91 Å². The number of hydrogen-bond acceptors (Lipinski definition) is 6. The predicted molar refractivity (Wildman–Crippen MR) is 126 cm³/mol. The third kappa shape index (κ3) is 5.20. The molecule has 0 aliphatic carbocycles. The van der Waals surface area contributed by atoms with Gasteiger partial charge in [-0.15, -0.1) is 0 Å². The first-order valence-corrected chi connectivity index (χ1v) is 11.2. The number of ether oxygens (including phenoxy) is 2. The molecule has 3 aromatic rings. The van der Waals surface area contributed by atoms with E-state index < -0.39 is 0 Å². The van der Waals surface area contributed by atoms with Gasteiger partial charge in [0.25, 0.3) is 5.91 Å². The number of aryl methyl sites for hydroxylation is 3. The number of aromatic nitrogens is 1. The summed E-state index contributed by atoms with van der Waals surface area (Å²) in [4.78, 5) is 17.4. The zero-order valence-corrected chi connectivity index (χ0v) is 19.8. The van der Waals surface area contributed by atoms with Crippen LogP contribution in [0.4, 0.5) is 0 Å². The van der Waals surface area contributed by atoms with Gasteiger partial charge < -0.3 is 18.9 Å². The summed E-state index contributed by atoms with van der Waals surface area (Å²) in [6.07, 6.45) is 0. The summed E-state index contributed by atoms with van der Waals surface area (Å²) in [6, 6.07) is 13.8. The summed E-state index contributed by atoms with van der Waals surface area (Å²) in [6.45, 7) is 10.3. The molecule has 1 aliphatic heterocycles. The van der Waals surface area contributed by atoms with Crippen LogP contribution < -0.4 is 9.47 Å². The van der Waals surface area contributed by atoms with Gasteiger partial charge in [0.1, 0.15) is 12.4 Å². The highest BCUT2D eigenvalue weighted by Gasteiger charge is 2.23. The Hall–Kier alpha value is -3.32. The van der Waals surface area contributed by atoms with Crippen molar-refractivity contribution in [1.82, 2.24) is 15.0 Å². The van der Waals surface area contributed by atoms with Gasteiger partial charge >= 0.3 is 0 Å². The molecule has 1 fully saturated rings. The molecule has 0 saturated carbocycles. The number of carbonyl (C=O) groups excluding carboxylic acids is 1. The van der Waals surface area contributed by atoms with Crippen LogP contribution in [0, 0.1) is 20.8 Å². The molecule has 1 saturated heterocycles. The largest absolute Gasteiger partial charge is 0.493 e. The third-order valence-corrected chi connectivity index (χ3v) is 6.28. The van der Waals surface area contributed by atoms with Crippen molar-refractivity contribution in [2.24, 2.45) is 0 Å². The molecular formula is C26H31N3O4. The molecule has 0 unspecified atom stereocenters. The van der Waals surface area contributed by atoms with Crippen molar-refractivity contribution in [3.63, 3.8) is 0 Å². The minimum Gasteiger partial charge on any atom is -0.493 e. The van der Waals surface area contributed by atoms with Crippen molar-refractivity contribution in [2.45, 2.75) is 33.9 Å². The van der Waals surface area contributed by atoms with E-state index in [0.29, 0.717) is 36.8 Å². The second-order valence-electron chi connectivity index (χ2n) is 8.45. The van der Waals surface area contributed by atoms with Crippen LogP contribution in [-0.4, -0.2) is 54.2 Å². The molecule has 7 heteroatoms. The average molecular weight is 450 g/mol. The fraction of sp³-hybridized carbons (Fsp3) is 0.385. The summed E-state index contributed by atoms with van der Waals surface area (Å²) < 4.78 is 16.6. The van der Waals surface area contributed by atoms with E-state index in [4.69, 9.17) is 14.0 Å². The number of carbonyl (C=O) groups is 1. The standard InChI is InChI=1S/C26H31N3O4/c1-18-7-5-6-8-22(18)16-28-11-13-29(14-12-28)26(30)21-9-10-24(25(15-21)31-4)32-17-23-19(2)27-33-20(23)3/h5-10,15H,11-14,16-17H2,1-4H3. The van der Waals surface area contributed by atoms with Gasteiger partial charge in [-0.3, -0.25) is 9.69 Å². The number of piperazine rings is 1. The van der Waals surface area contributed by atoms with E-state index in [0.717, 1.165) is 36.7 Å². The smallest absolute Gasteiger partial charge is 0.254 e. The Bertz CT molecular complexity index is 1100. The van der Waals surface area contributed by atoms with Gasteiger partial charge in [0.05, 0.1) is 18.4 Å². The van der Waals surface area contributed by atoms with Crippen molar-refractivity contribution in [3.05, 3.63) is 76.2 Å². The van der Waals surface area contributed by atoms with Crippen LogP contribution in [-0.2, 0) is 13.2 Å². The van der Waals surface area contributed by atoms with Crippen LogP contribution >= 0.6 is 0 Å². The second kappa shape index (κ2) is 10.1. The number of nitrogens with zero attached hydrogens (tertiary/aromatic N) is 3. The Balaban J connectivity index is 1.37. The number of amides is 1. The zero-order valence-electron chi connectivity index (χ0n) is 19.8. The molecule has 0 spiro atoms. The van der Waals surface area contributed by atoms with E-state index in [1.807, 2.05) is 18.7 Å². The topological polar surface area (TPSA) is 68.0 Å².